The lowest BCUT2D eigenvalue weighted by atomic mass is 10.1. The van der Waals surface area contributed by atoms with Gasteiger partial charge in [0.2, 0.25) is 5.95 Å². The van der Waals surface area contributed by atoms with Gasteiger partial charge in [-0.05, 0) is 24.0 Å². The standard InChI is InChI=1S/C14H15N3S/c1-4-13(18-5-2)10-6-7-11-9-16-14(15-3)17-12(11)8-10/h4-9H,2H2,1,3H3,(H,15,16,17)/b13-4-. The van der Waals surface area contributed by atoms with Gasteiger partial charge in [-0.1, -0.05) is 36.5 Å². The fraction of sp³-hybridized carbons (Fsp3) is 0.143. The van der Waals surface area contributed by atoms with Gasteiger partial charge < -0.3 is 5.32 Å². The highest BCUT2D eigenvalue weighted by Gasteiger charge is 2.03. The van der Waals surface area contributed by atoms with Crippen LogP contribution >= 0.6 is 11.8 Å². The van der Waals surface area contributed by atoms with Crippen molar-refractivity contribution in [3.63, 3.8) is 0 Å². The van der Waals surface area contributed by atoms with Gasteiger partial charge in [-0.15, -0.1) is 0 Å². The Hall–Kier alpha value is -1.81. The number of benzene rings is 1. The summed E-state index contributed by atoms with van der Waals surface area (Å²) in [6.45, 7) is 5.77. The molecule has 0 radical (unpaired) electrons. The Morgan fingerprint density at radius 1 is 1.44 bits per heavy atom. The lowest BCUT2D eigenvalue weighted by molar-refractivity contribution is 1.19. The molecule has 2 rings (SSSR count). The summed E-state index contributed by atoms with van der Waals surface area (Å²) in [4.78, 5) is 9.82. The number of hydrogen-bond acceptors (Lipinski definition) is 4. The van der Waals surface area contributed by atoms with E-state index in [9.17, 15) is 0 Å². The molecule has 0 amide bonds. The van der Waals surface area contributed by atoms with Crippen molar-refractivity contribution >= 4 is 33.5 Å². The zero-order chi connectivity index (χ0) is 13.0. The summed E-state index contributed by atoms with van der Waals surface area (Å²) in [5.41, 5.74) is 2.09. The number of nitrogens with one attached hydrogen (secondary N) is 1. The predicted molar refractivity (Wildman–Crippen MR) is 80.5 cm³/mol. The van der Waals surface area contributed by atoms with Crippen LogP contribution in [0.2, 0.25) is 0 Å². The van der Waals surface area contributed by atoms with Crippen LogP contribution in [0.25, 0.3) is 15.8 Å². The Balaban J connectivity index is 2.51. The fourth-order valence-corrected chi connectivity index (χ4v) is 2.27. The van der Waals surface area contributed by atoms with E-state index < -0.39 is 0 Å². The topological polar surface area (TPSA) is 37.8 Å². The van der Waals surface area contributed by atoms with Gasteiger partial charge in [-0.2, -0.15) is 0 Å². The van der Waals surface area contributed by atoms with Crippen molar-refractivity contribution in [3.8, 4) is 0 Å². The van der Waals surface area contributed by atoms with Gasteiger partial charge in [0.15, 0.2) is 0 Å². The van der Waals surface area contributed by atoms with Gasteiger partial charge in [-0.25, -0.2) is 9.97 Å². The van der Waals surface area contributed by atoms with E-state index in [1.54, 1.807) is 11.8 Å². The van der Waals surface area contributed by atoms with Crippen LogP contribution in [0.1, 0.15) is 12.5 Å². The lowest BCUT2D eigenvalue weighted by Gasteiger charge is -2.06. The van der Waals surface area contributed by atoms with Crippen LogP contribution in [-0.2, 0) is 0 Å². The molecule has 1 heterocycles. The van der Waals surface area contributed by atoms with Crippen LogP contribution in [0.4, 0.5) is 5.95 Å². The van der Waals surface area contributed by atoms with Gasteiger partial charge in [0, 0.05) is 23.5 Å². The quantitative estimate of drug-likeness (QED) is 0.901. The average molecular weight is 257 g/mol. The molecule has 0 saturated heterocycles. The molecule has 0 saturated carbocycles. The number of hydrogen-bond donors (Lipinski definition) is 1. The molecule has 3 nitrogen and oxygen atoms in total. The van der Waals surface area contributed by atoms with Gasteiger partial charge in [0.05, 0.1) is 5.52 Å². The summed E-state index contributed by atoms with van der Waals surface area (Å²) in [6, 6.07) is 6.19. The summed E-state index contributed by atoms with van der Waals surface area (Å²) in [5.74, 6) is 0.637. The van der Waals surface area contributed by atoms with Gasteiger partial charge in [0.1, 0.15) is 0 Å². The van der Waals surface area contributed by atoms with E-state index in [1.807, 2.05) is 31.6 Å². The molecule has 0 aliphatic carbocycles. The minimum Gasteiger partial charge on any atom is -0.357 e. The van der Waals surface area contributed by atoms with Crippen molar-refractivity contribution in [2.45, 2.75) is 6.92 Å². The predicted octanol–water partition coefficient (Wildman–Crippen LogP) is 3.91. The Morgan fingerprint density at radius 2 is 2.28 bits per heavy atom. The summed E-state index contributed by atoms with van der Waals surface area (Å²) in [6.07, 6.45) is 3.90. The fourth-order valence-electron chi connectivity index (χ4n) is 1.69. The normalized spacial score (nSPS) is 11.6. The molecule has 1 aromatic carbocycles. The molecule has 0 aliphatic rings. The van der Waals surface area contributed by atoms with Crippen molar-refractivity contribution in [2.24, 2.45) is 0 Å². The van der Waals surface area contributed by atoms with E-state index >= 15 is 0 Å². The molecular formula is C14H15N3S. The number of fused-ring (bicyclic) bond motifs is 1. The smallest absolute Gasteiger partial charge is 0.222 e. The summed E-state index contributed by atoms with van der Waals surface area (Å²) < 4.78 is 0. The molecule has 0 aliphatic heterocycles. The highest BCUT2D eigenvalue weighted by Crippen LogP contribution is 2.29. The highest BCUT2D eigenvalue weighted by molar-refractivity contribution is 8.10. The number of nitrogens with zero attached hydrogens (tertiary/aromatic N) is 2. The van der Waals surface area contributed by atoms with E-state index in [4.69, 9.17) is 0 Å². The van der Waals surface area contributed by atoms with Crippen LogP contribution in [0.5, 0.6) is 0 Å². The molecule has 92 valence electrons. The van der Waals surface area contributed by atoms with Gasteiger partial charge in [-0.3, -0.25) is 0 Å². The second-order valence-corrected chi connectivity index (χ2v) is 4.66. The van der Waals surface area contributed by atoms with E-state index in [0.717, 1.165) is 16.5 Å². The molecule has 0 unspecified atom stereocenters. The molecule has 1 aromatic heterocycles. The first-order chi connectivity index (χ1) is 8.78. The minimum absolute atomic E-state index is 0.637. The Morgan fingerprint density at radius 3 is 2.94 bits per heavy atom. The summed E-state index contributed by atoms with van der Waals surface area (Å²) >= 11 is 1.61. The Bertz CT molecular complexity index is 605. The SMILES string of the molecule is C=CS/C(=C\C)c1ccc2cnc(NC)nc2c1. The van der Waals surface area contributed by atoms with Gasteiger partial charge >= 0.3 is 0 Å². The number of anilines is 1. The third-order valence-electron chi connectivity index (χ3n) is 2.56. The lowest BCUT2D eigenvalue weighted by Crippen LogP contribution is -1.95. The molecule has 0 spiro atoms. The van der Waals surface area contributed by atoms with E-state index in [2.05, 4.69) is 40.1 Å². The molecule has 2 aromatic rings. The molecule has 1 N–H and O–H groups in total. The van der Waals surface area contributed by atoms with Crippen LogP contribution in [0.3, 0.4) is 0 Å². The van der Waals surface area contributed by atoms with Crippen molar-refractivity contribution in [2.75, 3.05) is 12.4 Å². The Kier molecular flexibility index (Phi) is 3.99. The second kappa shape index (κ2) is 5.69. The van der Waals surface area contributed by atoms with Gasteiger partial charge in [0.25, 0.3) is 0 Å². The summed E-state index contributed by atoms with van der Waals surface area (Å²) in [5, 5.41) is 5.82. The van der Waals surface area contributed by atoms with Crippen LogP contribution < -0.4 is 5.32 Å². The third kappa shape index (κ3) is 2.54. The number of allylic oxidation sites excluding steroid dienone is 1. The zero-order valence-corrected chi connectivity index (χ0v) is 11.3. The van der Waals surface area contributed by atoms with Crippen LogP contribution in [0.15, 0.2) is 42.5 Å². The molecule has 0 atom stereocenters. The zero-order valence-electron chi connectivity index (χ0n) is 10.5. The Labute approximate surface area is 111 Å². The van der Waals surface area contributed by atoms with Crippen molar-refractivity contribution in [1.29, 1.82) is 0 Å². The van der Waals surface area contributed by atoms with Crippen molar-refractivity contribution < 1.29 is 0 Å². The van der Waals surface area contributed by atoms with Crippen molar-refractivity contribution in [1.82, 2.24) is 9.97 Å². The first kappa shape index (κ1) is 12.6. The first-order valence-electron chi connectivity index (χ1n) is 5.67. The number of rotatable bonds is 4. The number of thioether (sulfide) groups is 1. The van der Waals surface area contributed by atoms with E-state index in [0.29, 0.717) is 5.95 Å². The van der Waals surface area contributed by atoms with E-state index in [1.165, 1.54) is 4.91 Å². The average Bonchev–Trinajstić information content (AvgIpc) is 2.43. The third-order valence-corrected chi connectivity index (χ3v) is 3.46. The molecule has 18 heavy (non-hydrogen) atoms. The maximum Gasteiger partial charge on any atom is 0.222 e. The molecular weight excluding hydrogens is 242 g/mol. The summed E-state index contributed by atoms with van der Waals surface area (Å²) in [7, 11) is 1.82. The molecule has 4 heteroatoms. The van der Waals surface area contributed by atoms with Crippen molar-refractivity contribution in [3.05, 3.63) is 48.0 Å². The maximum absolute atomic E-state index is 4.45. The largest absolute Gasteiger partial charge is 0.357 e. The monoisotopic (exact) mass is 257 g/mol. The minimum atomic E-state index is 0.637. The molecule has 0 bridgehead atoms. The van der Waals surface area contributed by atoms with Crippen LogP contribution in [-0.4, -0.2) is 17.0 Å². The number of aromatic nitrogens is 2. The second-order valence-electron chi connectivity index (χ2n) is 3.65. The highest BCUT2D eigenvalue weighted by atomic mass is 32.2. The maximum atomic E-state index is 4.45. The molecule has 0 fully saturated rings. The first-order valence-corrected chi connectivity index (χ1v) is 6.55. The van der Waals surface area contributed by atoms with Crippen LogP contribution in [0, 0.1) is 0 Å². The van der Waals surface area contributed by atoms with E-state index in [-0.39, 0.29) is 0 Å².